The first-order chi connectivity index (χ1) is 10.5. The van der Waals surface area contributed by atoms with Crippen molar-refractivity contribution in [3.63, 3.8) is 0 Å². The molecular formula is C17H18N2O2S. The number of nitriles is 1. The molecule has 0 unspecified atom stereocenters. The average Bonchev–Trinajstić information content (AvgIpc) is 2.54. The molecule has 0 radical (unpaired) electrons. The number of nitrogens with zero attached hydrogens (tertiary/aromatic N) is 1. The van der Waals surface area contributed by atoms with Crippen molar-refractivity contribution in [3.8, 4) is 6.07 Å². The van der Waals surface area contributed by atoms with Crippen molar-refractivity contribution in [3.05, 3.63) is 59.7 Å². The van der Waals surface area contributed by atoms with Gasteiger partial charge >= 0.3 is 0 Å². The van der Waals surface area contributed by atoms with Crippen LogP contribution in [0.15, 0.2) is 53.4 Å². The van der Waals surface area contributed by atoms with E-state index in [9.17, 15) is 8.42 Å². The molecule has 2 rings (SSSR count). The van der Waals surface area contributed by atoms with Crippen molar-refractivity contribution in [1.29, 1.82) is 5.26 Å². The number of nitrogens with one attached hydrogen (secondary N) is 1. The van der Waals surface area contributed by atoms with Crippen LogP contribution in [-0.2, 0) is 10.0 Å². The number of rotatable bonds is 5. The van der Waals surface area contributed by atoms with Crippen molar-refractivity contribution in [1.82, 2.24) is 0 Å². The summed E-state index contributed by atoms with van der Waals surface area (Å²) in [6.07, 6.45) is 1.000. The topological polar surface area (TPSA) is 70.0 Å². The van der Waals surface area contributed by atoms with E-state index < -0.39 is 10.0 Å². The van der Waals surface area contributed by atoms with E-state index in [0.29, 0.717) is 11.5 Å². The predicted octanol–water partition coefficient (Wildman–Crippen LogP) is 3.87. The summed E-state index contributed by atoms with van der Waals surface area (Å²) >= 11 is 0. The fourth-order valence-corrected chi connectivity index (χ4v) is 3.16. The van der Waals surface area contributed by atoms with Gasteiger partial charge in [0.25, 0.3) is 10.0 Å². The zero-order valence-electron chi connectivity index (χ0n) is 12.6. The molecule has 0 saturated heterocycles. The average molecular weight is 314 g/mol. The SMILES string of the molecule is CC[C@@H](C)c1ccc(S(=O)(=O)Nc2ccccc2C#N)cc1. The Balaban J connectivity index is 2.29. The second-order valence-electron chi connectivity index (χ2n) is 5.14. The van der Waals surface area contributed by atoms with Gasteiger partial charge in [-0.2, -0.15) is 5.26 Å². The number of hydrogen-bond acceptors (Lipinski definition) is 3. The second kappa shape index (κ2) is 6.63. The number of anilines is 1. The summed E-state index contributed by atoms with van der Waals surface area (Å²) in [5.74, 6) is 0.393. The van der Waals surface area contributed by atoms with Crippen molar-refractivity contribution in [2.45, 2.75) is 31.1 Å². The van der Waals surface area contributed by atoms with Gasteiger partial charge in [-0.1, -0.05) is 38.1 Å². The summed E-state index contributed by atoms with van der Waals surface area (Å²) in [7, 11) is -3.70. The molecule has 0 aromatic heterocycles. The van der Waals surface area contributed by atoms with E-state index in [4.69, 9.17) is 5.26 Å². The van der Waals surface area contributed by atoms with Crippen molar-refractivity contribution in [2.75, 3.05) is 4.72 Å². The van der Waals surface area contributed by atoms with E-state index in [0.717, 1.165) is 12.0 Å². The molecule has 2 aromatic rings. The van der Waals surface area contributed by atoms with Crippen LogP contribution in [0.5, 0.6) is 0 Å². The lowest BCUT2D eigenvalue weighted by Crippen LogP contribution is -2.13. The van der Waals surface area contributed by atoms with E-state index in [1.807, 2.05) is 18.2 Å². The number of para-hydroxylation sites is 1. The van der Waals surface area contributed by atoms with Crippen LogP contribution in [-0.4, -0.2) is 8.42 Å². The number of benzene rings is 2. The minimum Gasteiger partial charge on any atom is -0.278 e. The summed E-state index contributed by atoms with van der Waals surface area (Å²) < 4.78 is 27.3. The Morgan fingerprint density at radius 2 is 1.77 bits per heavy atom. The van der Waals surface area contributed by atoms with Gasteiger partial charge < -0.3 is 0 Å². The lowest BCUT2D eigenvalue weighted by atomic mass is 9.99. The molecule has 22 heavy (non-hydrogen) atoms. The first-order valence-electron chi connectivity index (χ1n) is 7.10. The van der Waals surface area contributed by atoms with Gasteiger partial charge in [0.2, 0.25) is 0 Å². The Labute approximate surface area is 131 Å². The van der Waals surface area contributed by atoms with E-state index >= 15 is 0 Å². The molecule has 0 aliphatic heterocycles. The third-order valence-corrected chi connectivity index (χ3v) is 5.05. The molecule has 2 aromatic carbocycles. The smallest absolute Gasteiger partial charge is 0.261 e. The van der Waals surface area contributed by atoms with E-state index in [1.54, 1.807) is 36.4 Å². The van der Waals surface area contributed by atoms with Crippen LogP contribution >= 0.6 is 0 Å². The third-order valence-electron chi connectivity index (χ3n) is 3.66. The summed E-state index contributed by atoms with van der Waals surface area (Å²) in [4.78, 5) is 0.187. The quantitative estimate of drug-likeness (QED) is 0.910. The highest BCUT2D eigenvalue weighted by Gasteiger charge is 2.16. The van der Waals surface area contributed by atoms with Crippen LogP contribution in [0.1, 0.15) is 37.3 Å². The normalized spacial score (nSPS) is 12.4. The van der Waals surface area contributed by atoms with Gasteiger partial charge in [-0.15, -0.1) is 0 Å². The summed E-state index contributed by atoms with van der Waals surface area (Å²) in [6, 6.07) is 15.4. The van der Waals surface area contributed by atoms with E-state index in [1.165, 1.54) is 0 Å². The minimum absolute atomic E-state index is 0.187. The molecule has 1 N–H and O–H groups in total. The van der Waals surface area contributed by atoms with Crippen LogP contribution in [0, 0.1) is 11.3 Å². The molecule has 0 aliphatic rings. The molecule has 5 heteroatoms. The predicted molar refractivity (Wildman–Crippen MR) is 87.1 cm³/mol. The summed E-state index contributed by atoms with van der Waals surface area (Å²) in [5.41, 5.74) is 1.69. The van der Waals surface area contributed by atoms with Crippen molar-refractivity contribution < 1.29 is 8.42 Å². The van der Waals surface area contributed by atoms with Crippen molar-refractivity contribution in [2.24, 2.45) is 0 Å². The van der Waals surface area contributed by atoms with Gasteiger partial charge in [0.15, 0.2) is 0 Å². The summed E-state index contributed by atoms with van der Waals surface area (Å²) in [5, 5.41) is 9.03. The molecule has 0 amide bonds. The lowest BCUT2D eigenvalue weighted by molar-refractivity contribution is 0.601. The standard InChI is InChI=1S/C17H18N2O2S/c1-3-13(2)14-8-10-16(11-9-14)22(20,21)19-17-7-5-4-6-15(17)12-18/h4-11,13,19H,3H2,1-2H3/t13-/m1/s1. The Morgan fingerprint density at radius 3 is 2.36 bits per heavy atom. The molecule has 0 fully saturated rings. The van der Waals surface area contributed by atoms with Crippen molar-refractivity contribution >= 4 is 15.7 Å². The van der Waals surface area contributed by atoms with Gasteiger partial charge in [0.1, 0.15) is 6.07 Å². The Morgan fingerprint density at radius 1 is 1.14 bits per heavy atom. The zero-order valence-corrected chi connectivity index (χ0v) is 13.4. The highest BCUT2D eigenvalue weighted by atomic mass is 32.2. The Hall–Kier alpha value is -2.32. The molecule has 1 atom stereocenters. The maximum absolute atomic E-state index is 12.4. The van der Waals surface area contributed by atoms with Gasteiger partial charge in [0, 0.05) is 0 Å². The number of hydrogen-bond donors (Lipinski definition) is 1. The molecule has 0 heterocycles. The molecule has 0 saturated carbocycles. The second-order valence-corrected chi connectivity index (χ2v) is 6.82. The van der Waals surface area contributed by atoms with Gasteiger partial charge in [-0.3, -0.25) is 4.72 Å². The van der Waals surface area contributed by atoms with Gasteiger partial charge in [0.05, 0.1) is 16.1 Å². The molecule has 0 spiro atoms. The lowest BCUT2D eigenvalue weighted by Gasteiger charge is -2.12. The molecule has 0 bridgehead atoms. The first-order valence-corrected chi connectivity index (χ1v) is 8.58. The van der Waals surface area contributed by atoms with Crippen LogP contribution in [0.3, 0.4) is 0 Å². The van der Waals surface area contributed by atoms with Crippen LogP contribution in [0.2, 0.25) is 0 Å². The van der Waals surface area contributed by atoms with E-state index in [-0.39, 0.29) is 10.6 Å². The van der Waals surface area contributed by atoms with Gasteiger partial charge in [-0.25, -0.2) is 8.42 Å². The minimum atomic E-state index is -3.70. The maximum Gasteiger partial charge on any atom is 0.261 e. The zero-order chi connectivity index (χ0) is 16.2. The van der Waals surface area contributed by atoms with Crippen LogP contribution in [0.4, 0.5) is 5.69 Å². The molecule has 114 valence electrons. The van der Waals surface area contributed by atoms with Crippen LogP contribution in [0.25, 0.3) is 0 Å². The number of sulfonamides is 1. The first kappa shape index (κ1) is 16.1. The highest BCUT2D eigenvalue weighted by Crippen LogP contribution is 2.23. The Kier molecular flexibility index (Phi) is 4.84. The maximum atomic E-state index is 12.4. The fourth-order valence-electron chi connectivity index (χ4n) is 2.08. The largest absolute Gasteiger partial charge is 0.278 e. The van der Waals surface area contributed by atoms with E-state index in [2.05, 4.69) is 18.6 Å². The Bertz CT molecular complexity index is 790. The van der Waals surface area contributed by atoms with Crippen LogP contribution < -0.4 is 4.72 Å². The summed E-state index contributed by atoms with van der Waals surface area (Å²) in [6.45, 7) is 4.20. The molecule has 0 aliphatic carbocycles. The molecule has 4 nitrogen and oxygen atoms in total. The molecular weight excluding hydrogens is 296 g/mol. The highest BCUT2D eigenvalue weighted by molar-refractivity contribution is 7.92. The third kappa shape index (κ3) is 3.46. The monoisotopic (exact) mass is 314 g/mol. The fraction of sp³-hybridized carbons (Fsp3) is 0.235. The van der Waals surface area contributed by atoms with Gasteiger partial charge in [-0.05, 0) is 42.2 Å².